The highest BCUT2D eigenvalue weighted by molar-refractivity contribution is 9.11. The van der Waals surface area contributed by atoms with Crippen LogP contribution in [-0.2, 0) is 12.6 Å². The van der Waals surface area contributed by atoms with Crippen LogP contribution in [-0.4, -0.2) is 5.78 Å². The van der Waals surface area contributed by atoms with Gasteiger partial charge in [0, 0.05) is 20.9 Å². The van der Waals surface area contributed by atoms with Crippen LogP contribution in [0.15, 0.2) is 51.4 Å². The van der Waals surface area contributed by atoms with E-state index >= 15 is 0 Å². The van der Waals surface area contributed by atoms with Gasteiger partial charge in [-0.3, -0.25) is 4.79 Å². The molecule has 2 rings (SSSR count). The third-order valence-electron chi connectivity index (χ3n) is 2.87. The van der Waals surface area contributed by atoms with Gasteiger partial charge in [-0.2, -0.15) is 13.2 Å². The number of ketones is 1. The lowest BCUT2D eigenvalue weighted by molar-refractivity contribution is -0.137. The van der Waals surface area contributed by atoms with Gasteiger partial charge in [0.05, 0.1) is 5.56 Å². The molecule has 0 saturated carbocycles. The summed E-state index contributed by atoms with van der Waals surface area (Å²) in [5.41, 5.74) is 0.312. The average Bonchev–Trinajstić information content (AvgIpc) is 2.41. The van der Waals surface area contributed by atoms with Gasteiger partial charge in [0.1, 0.15) is 0 Å². The van der Waals surface area contributed by atoms with Crippen LogP contribution in [0, 0.1) is 0 Å². The fourth-order valence-electron chi connectivity index (χ4n) is 1.80. The molecule has 0 radical (unpaired) electrons. The first-order chi connectivity index (χ1) is 9.77. The van der Waals surface area contributed by atoms with Crippen molar-refractivity contribution in [2.75, 3.05) is 0 Å². The van der Waals surface area contributed by atoms with Gasteiger partial charge in [0.25, 0.3) is 0 Å². The highest BCUT2D eigenvalue weighted by atomic mass is 79.9. The molecule has 0 saturated heterocycles. The van der Waals surface area contributed by atoms with Gasteiger partial charge < -0.3 is 0 Å². The average molecular weight is 422 g/mol. The summed E-state index contributed by atoms with van der Waals surface area (Å²) in [7, 11) is 0. The van der Waals surface area contributed by atoms with Gasteiger partial charge in [0.2, 0.25) is 0 Å². The van der Waals surface area contributed by atoms with Gasteiger partial charge in [-0.25, -0.2) is 0 Å². The van der Waals surface area contributed by atoms with Gasteiger partial charge in [-0.05, 0) is 35.9 Å². The zero-order valence-corrected chi connectivity index (χ0v) is 13.7. The number of rotatable bonds is 3. The van der Waals surface area contributed by atoms with Gasteiger partial charge >= 0.3 is 6.18 Å². The molecule has 2 aromatic carbocycles. The van der Waals surface area contributed by atoms with E-state index in [9.17, 15) is 18.0 Å². The molecule has 0 unspecified atom stereocenters. The van der Waals surface area contributed by atoms with Crippen molar-refractivity contribution in [1.82, 2.24) is 0 Å². The van der Waals surface area contributed by atoms with Crippen LogP contribution in [0.4, 0.5) is 13.2 Å². The Balaban J connectivity index is 2.18. The molecular formula is C15H9Br2F3O. The molecule has 0 aliphatic heterocycles. The molecule has 0 fully saturated rings. The monoisotopic (exact) mass is 420 g/mol. The number of hydrogen-bond donors (Lipinski definition) is 0. The predicted octanol–water partition coefficient (Wildman–Crippen LogP) is 5.66. The Hall–Kier alpha value is -1.14. The second-order valence-electron chi connectivity index (χ2n) is 4.42. The topological polar surface area (TPSA) is 17.1 Å². The first kappa shape index (κ1) is 16.2. The van der Waals surface area contributed by atoms with E-state index in [1.54, 1.807) is 18.2 Å². The summed E-state index contributed by atoms with van der Waals surface area (Å²) in [6.07, 6.45) is -4.32. The minimum atomic E-state index is -4.37. The Morgan fingerprint density at radius 2 is 1.62 bits per heavy atom. The van der Waals surface area contributed by atoms with E-state index in [1.165, 1.54) is 12.1 Å². The Kier molecular flexibility index (Phi) is 4.88. The number of carbonyl (C=O) groups is 1. The van der Waals surface area contributed by atoms with Gasteiger partial charge in [-0.1, -0.05) is 44.0 Å². The summed E-state index contributed by atoms with van der Waals surface area (Å²) in [4.78, 5) is 12.2. The van der Waals surface area contributed by atoms with Crippen LogP contribution in [0.5, 0.6) is 0 Å². The fraction of sp³-hybridized carbons (Fsp3) is 0.133. The fourth-order valence-corrected chi connectivity index (χ4v) is 2.63. The van der Waals surface area contributed by atoms with E-state index in [0.29, 0.717) is 15.6 Å². The van der Waals surface area contributed by atoms with Crippen LogP contribution in [0.25, 0.3) is 0 Å². The van der Waals surface area contributed by atoms with Gasteiger partial charge in [0.15, 0.2) is 5.78 Å². The molecule has 0 aromatic heterocycles. The summed E-state index contributed by atoms with van der Waals surface area (Å²) in [5, 5.41) is 0. The molecule has 0 aliphatic rings. The number of halogens is 5. The lowest BCUT2D eigenvalue weighted by Gasteiger charge is -2.08. The number of hydrogen-bond acceptors (Lipinski definition) is 1. The molecule has 0 atom stereocenters. The van der Waals surface area contributed by atoms with Crippen LogP contribution in [0.2, 0.25) is 0 Å². The summed E-state index contributed by atoms with van der Waals surface area (Å²) >= 11 is 6.58. The largest absolute Gasteiger partial charge is 0.416 e. The van der Waals surface area contributed by atoms with Crippen molar-refractivity contribution in [3.05, 3.63) is 68.1 Å². The first-order valence-electron chi connectivity index (χ1n) is 5.92. The number of alkyl halides is 3. The molecule has 0 heterocycles. The predicted molar refractivity (Wildman–Crippen MR) is 81.3 cm³/mol. The maximum absolute atomic E-state index is 12.5. The van der Waals surface area contributed by atoms with E-state index in [-0.39, 0.29) is 12.2 Å². The molecule has 0 spiro atoms. The summed E-state index contributed by atoms with van der Waals surface area (Å²) in [5.74, 6) is -0.164. The van der Waals surface area contributed by atoms with E-state index in [2.05, 4.69) is 31.9 Å². The van der Waals surface area contributed by atoms with Crippen molar-refractivity contribution in [1.29, 1.82) is 0 Å². The van der Waals surface area contributed by atoms with Crippen LogP contribution < -0.4 is 0 Å². The Labute approximate surface area is 136 Å². The molecule has 1 nitrogen and oxygen atoms in total. The molecule has 0 bridgehead atoms. The molecule has 6 heteroatoms. The minimum absolute atomic E-state index is 0.0488. The maximum Gasteiger partial charge on any atom is 0.416 e. The molecule has 0 amide bonds. The Morgan fingerprint density at radius 1 is 1.00 bits per heavy atom. The Morgan fingerprint density at radius 3 is 2.19 bits per heavy atom. The van der Waals surface area contributed by atoms with Crippen molar-refractivity contribution in [3.8, 4) is 0 Å². The lowest BCUT2D eigenvalue weighted by atomic mass is 10.0. The quantitative estimate of drug-likeness (QED) is 0.584. The normalized spacial score (nSPS) is 11.5. The lowest BCUT2D eigenvalue weighted by Crippen LogP contribution is -2.07. The Bertz CT molecular complexity index is 664. The highest BCUT2D eigenvalue weighted by Gasteiger charge is 2.30. The van der Waals surface area contributed by atoms with Gasteiger partial charge in [-0.15, -0.1) is 0 Å². The van der Waals surface area contributed by atoms with Crippen molar-refractivity contribution < 1.29 is 18.0 Å². The van der Waals surface area contributed by atoms with Crippen LogP contribution in [0.3, 0.4) is 0 Å². The molecule has 110 valence electrons. The molecule has 2 aromatic rings. The van der Waals surface area contributed by atoms with Crippen LogP contribution >= 0.6 is 31.9 Å². The first-order valence-corrected chi connectivity index (χ1v) is 7.50. The number of Topliss-reactive ketones (excluding diaryl/α,β-unsaturated/α-hetero) is 1. The summed E-state index contributed by atoms with van der Waals surface area (Å²) in [6.45, 7) is 0. The van der Waals surface area contributed by atoms with Crippen molar-refractivity contribution in [3.63, 3.8) is 0 Å². The third-order valence-corrected chi connectivity index (χ3v) is 4.06. The van der Waals surface area contributed by atoms with E-state index in [1.807, 2.05) is 0 Å². The van der Waals surface area contributed by atoms with E-state index in [4.69, 9.17) is 0 Å². The van der Waals surface area contributed by atoms with Crippen LogP contribution in [0.1, 0.15) is 21.5 Å². The minimum Gasteiger partial charge on any atom is -0.294 e. The highest BCUT2D eigenvalue weighted by Crippen LogP contribution is 2.29. The second kappa shape index (κ2) is 6.32. The number of benzene rings is 2. The summed E-state index contributed by atoms with van der Waals surface area (Å²) < 4.78 is 38.8. The zero-order chi connectivity index (χ0) is 15.6. The standard InChI is InChI=1S/C15H9Br2F3O/c16-11-5-6-13(17)12(8-11)14(21)7-9-1-3-10(4-2-9)15(18,19)20/h1-6,8H,7H2. The molecule has 21 heavy (non-hydrogen) atoms. The van der Waals surface area contributed by atoms with Crippen molar-refractivity contribution in [2.24, 2.45) is 0 Å². The maximum atomic E-state index is 12.5. The molecule has 0 aliphatic carbocycles. The molecule has 0 N–H and O–H groups in total. The van der Waals surface area contributed by atoms with Crippen molar-refractivity contribution >= 4 is 37.6 Å². The SMILES string of the molecule is O=C(Cc1ccc(C(F)(F)F)cc1)c1cc(Br)ccc1Br. The smallest absolute Gasteiger partial charge is 0.294 e. The second-order valence-corrected chi connectivity index (χ2v) is 6.19. The summed E-state index contributed by atoms with van der Waals surface area (Å²) in [6, 6.07) is 9.83. The molecular weight excluding hydrogens is 413 g/mol. The van der Waals surface area contributed by atoms with E-state index in [0.717, 1.165) is 16.6 Å². The number of carbonyl (C=O) groups excluding carboxylic acids is 1. The third kappa shape index (κ3) is 4.17. The zero-order valence-electron chi connectivity index (χ0n) is 10.5. The van der Waals surface area contributed by atoms with Crippen molar-refractivity contribution in [2.45, 2.75) is 12.6 Å². The van der Waals surface area contributed by atoms with E-state index < -0.39 is 11.7 Å².